The molecule has 3 aliphatic rings. The first-order chi connectivity index (χ1) is 11.4. The Kier molecular flexibility index (Phi) is 6.59. The molecule has 0 saturated heterocycles. The molecule has 5 heteroatoms. The van der Waals surface area contributed by atoms with Crippen LogP contribution in [0.5, 0.6) is 0 Å². The van der Waals surface area contributed by atoms with E-state index in [-0.39, 0.29) is 0 Å². The molecule has 0 radical (unpaired) electrons. The monoisotopic (exact) mass is 319 g/mol. The third-order valence-corrected chi connectivity index (χ3v) is 5.19. The van der Waals surface area contributed by atoms with Crippen LogP contribution in [0, 0.1) is 0 Å². The Hall–Kier alpha value is -1.26. The summed E-state index contributed by atoms with van der Waals surface area (Å²) in [6.07, 6.45) is 15.2. The first kappa shape index (κ1) is 16.6. The van der Waals surface area contributed by atoms with Crippen molar-refractivity contribution in [3.05, 3.63) is 0 Å². The predicted molar refractivity (Wildman–Crippen MR) is 97.0 cm³/mol. The van der Waals surface area contributed by atoms with Crippen LogP contribution in [0.25, 0.3) is 0 Å². The van der Waals surface area contributed by atoms with Gasteiger partial charge in [-0.05, 0) is 12.8 Å². The Morgan fingerprint density at radius 2 is 1.48 bits per heavy atom. The van der Waals surface area contributed by atoms with Crippen molar-refractivity contribution in [3.8, 4) is 0 Å². The fraction of sp³-hybridized carbons (Fsp3) is 0.889. The molecule has 1 saturated carbocycles. The lowest BCUT2D eigenvalue weighted by atomic mass is 9.98. The molecule has 2 N–H and O–H groups in total. The Morgan fingerprint density at radius 1 is 0.826 bits per heavy atom. The van der Waals surface area contributed by atoms with Crippen LogP contribution in [-0.4, -0.2) is 49.0 Å². The highest BCUT2D eigenvalue weighted by molar-refractivity contribution is 6.00. The summed E-state index contributed by atoms with van der Waals surface area (Å²) in [5.41, 5.74) is 0. The van der Waals surface area contributed by atoms with E-state index < -0.39 is 0 Å². The second-order valence-electron chi connectivity index (χ2n) is 7.09. The van der Waals surface area contributed by atoms with E-state index in [2.05, 4.69) is 20.5 Å². The van der Waals surface area contributed by atoms with Crippen LogP contribution in [0.2, 0.25) is 0 Å². The fourth-order valence-corrected chi connectivity index (χ4v) is 3.83. The molecule has 0 atom stereocenters. The number of nitrogens with zero attached hydrogens (tertiary/aromatic N) is 3. The molecule has 0 spiro atoms. The third-order valence-electron chi connectivity index (χ3n) is 5.19. The minimum Gasteiger partial charge on any atom is -0.354 e. The van der Waals surface area contributed by atoms with E-state index in [1.807, 2.05) is 0 Å². The van der Waals surface area contributed by atoms with Gasteiger partial charge in [-0.3, -0.25) is 14.9 Å². The summed E-state index contributed by atoms with van der Waals surface area (Å²) >= 11 is 0. The Labute approximate surface area is 141 Å². The molecule has 1 aliphatic carbocycles. The van der Waals surface area contributed by atoms with Crippen molar-refractivity contribution in [1.29, 1.82) is 0 Å². The Balaban J connectivity index is 1.52. The maximum absolute atomic E-state index is 4.70. The van der Waals surface area contributed by atoms with Crippen LogP contribution in [-0.2, 0) is 0 Å². The van der Waals surface area contributed by atoms with Gasteiger partial charge in [0.05, 0.1) is 13.1 Å². The molecule has 2 aliphatic heterocycles. The van der Waals surface area contributed by atoms with Crippen molar-refractivity contribution in [2.24, 2.45) is 9.98 Å². The van der Waals surface area contributed by atoms with Gasteiger partial charge in [-0.1, -0.05) is 57.8 Å². The smallest absolute Gasteiger partial charge is 0.201 e. The zero-order valence-corrected chi connectivity index (χ0v) is 14.5. The summed E-state index contributed by atoms with van der Waals surface area (Å²) in [5, 5.41) is 7.13. The average Bonchev–Trinajstić information content (AvgIpc) is 3.21. The van der Waals surface area contributed by atoms with E-state index >= 15 is 0 Å². The molecule has 0 bridgehead atoms. The van der Waals surface area contributed by atoms with Gasteiger partial charge in [-0.2, -0.15) is 0 Å². The summed E-state index contributed by atoms with van der Waals surface area (Å²) in [6.45, 7) is 3.70. The van der Waals surface area contributed by atoms with Crippen LogP contribution < -0.4 is 10.6 Å². The van der Waals surface area contributed by atoms with Gasteiger partial charge in [0.1, 0.15) is 0 Å². The number of nitrogens with one attached hydrogen (secondary N) is 2. The van der Waals surface area contributed by atoms with Crippen LogP contribution in [0.15, 0.2) is 9.98 Å². The van der Waals surface area contributed by atoms with E-state index in [1.165, 1.54) is 70.6 Å². The van der Waals surface area contributed by atoms with E-state index in [4.69, 9.17) is 4.99 Å². The molecule has 130 valence electrons. The van der Waals surface area contributed by atoms with Crippen molar-refractivity contribution in [3.63, 3.8) is 0 Å². The predicted octanol–water partition coefficient (Wildman–Crippen LogP) is 2.88. The molecule has 0 aromatic heterocycles. The number of rotatable bonds is 1. The van der Waals surface area contributed by atoms with Crippen molar-refractivity contribution in [2.75, 3.05) is 26.2 Å². The van der Waals surface area contributed by atoms with Crippen molar-refractivity contribution < 1.29 is 0 Å². The van der Waals surface area contributed by atoms with Crippen LogP contribution >= 0.6 is 0 Å². The molecule has 0 aromatic rings. The summed E-state index contributed by atoms with van der Waals surface area (Å²) in [6, 6.07) is 0.579. The summed E-state index contributed by atoms with van der Waals surface area (Å²) in [7, 11) is 0. The summed E-state index contributed by atoms with van der Waals surface area (Å²) in [5.74, 6) is 2.07. The zero-order chi connectivity index (χ0) is 15.7. The third kappa shape index (κ3) is 5.11. The van der Waals surface area contributed by atoms with Crippen molar-refractivity contribution >= 4 is 11.9 Å². The largest absolute Gasteiger partial charge is 0.354 e. The lowest BCUT2D eigenvalue weighted by molar-refractivity contribution is 0.434. The zero-order valence-electron chi connectivity index (χ0n) is 14.5. The Morgan fingerprint density at radius 3 is 2.09 bits per heavy atom. The lowest BCUT2D eigenvalue weighted by Crippen LogP contribution is -2.49. The number of hydrogen-bond donors (Lipinski definition) is 2. The van der Waals surface area contributed by atoms with E-state index in [9.17, 15) is 0 Å². The molecule has 23 heavy (non-hydrogen) atoms. The quantitative estimate of drug-likeness (QED) is 0.781. The maximum Gasteiger partial charge on any atom is 0.201 e. The number of guanidine groups is 2. The summed E-state index contributed by atoms with van der Waals surface area (Å²) in [4.78, 5) is 11.5. The molecule has 3 rings (SSSR count). The maximum atomic E-state index is 4.70. The number of hydrogen-bond acceptors (Lipinski definition) is 5. The Bertz CT molecular complexity index is 406. The molecule has 1 fully saturated rings. The molecule has 2 heterocycles. The number of aliphatic imine (C=N–C) groups is 2. The standard InChI is InChI=1S/C18H33N5/c1-2-4-6-8-10-16(11-9-7-5-3-1)22-18-21-14-15-23(18)17-19-12-13-20-17/h16H,1-15H2,(H,19,20)(H,21,22). The van der Waals surface area contributed by atoms with E-state index in [0.29, 0.717) is 6.04 Å². The van der Waals surface area contributed by atoms with Crippen LogP contribution in [0.1, 0.15) is 70.6 Å². The van der Waals surface area contributed by atoms with Crippen LogP contribution in [0.3, 0.4) is 0 Å². The molecule has 0 amide bonds. The highest BCUT2D eigenvalue weighted by Crippen LogP contribution is 2.17. The highest BCUT2D eigenvalue weighted by Gasteiger charge is 2.25. The molecule has 0 aromatic carbocycles. The van der Waals surface area contributed by atoms with Gasteiger partial charge in [0.2, 0.25) is 11.9 Å². The van der Waals surface area contributed by atoms with Crippen molar-refractivity contribution in [2.45, 2.75) is 76.7 Å². The second-order valence-corrected chi connectivity index (χ2v) is 7.09. The fourth-order valence-electron chi connectivity index (χ4n) is 3.83. The SMILES string of the molecule is C1CCCCCC(NC2=NCCN2C2=NCCN2)CCCCC1. The van der Waals surface area contributed by atoms with Crippen molar-refractivity contribution in [1.82, 2.24) is 15.5 Å². The molecule has 0 unspecified atom stereocenters. The molecular weight excluding hydrogens is 286 g/mol. The summed E-state index contributed by atoms with van der Waals surface area (Å²) < 4.78 is 0. The minimum atomic E-state index is 0.579. The van der Waals surface area contributed by atoms with E-state index in [0.717, 1.165) is 38.1 Å². The first-order valence-electron chi connectivity index (χ1n) is 9.80. The van der Waals surface area contributed by atoms with Gasteiger partial charge in [0.25, 0.3) is 0 Å². The van der Waals surface area contributed by atoms with Gasteiger partial charge in [0.15, 0.2) is 0 Å². The van der Waals surface area contributed by atoms with Gasteiger partial charge < -0.3 is 10.6 Å². The second kappa shape index (κ2) is 9.14. The van der Waals surface area contributed by atoms with Gasteiger partial charge in [-0.15, -0.1) is 0 Å². The minimum absolute atomic E-state index is 0.579. The topological polar surface area (TPSA) is 52.0 Å². The first-order valence-corrected chi connectivity index (χ1v) is 9.80. The normalized spacial score (nSPS) is 25.1. The van der Waals surface area contributed by atoms with Gasteiger partial charge in [0, 0.05) is 19.1 Å². The average molecular weight is 319 g/mol. The van der Waals surface area contributed by atoms with Gasteiger partial charge >= 0.3 is 0 Å². The lowest BCUT2D eigenvalue weighted by Gasteiger charge is -2.26. The van der Waals surface area contributed by atoms with Gasteiger partial charge in [-0.25, -0.2) is 0 Å². The highest BCUT2D eigenvalue weighted by atomic mass is 15.4. The molecule has 5 nitrogen and oxygen atoms in total. The van der Waals surface area contributed by atoms with Crippen LogP contribution in [0.4, 0.5) is 0 Å². The van der Waals surface area contributed by atoms with E-state index in [1.54, 1.807) is 0 Å². The molecular formula is C18H33N5.